The molecule has 6 nitrogen and oxygen atoms in total. The molecule has 0 aliphatic heterocycles. The molecule has 152 valence electrons. The van der Waals surface area contributed by atoms with E-state index in [0.717, 1.165) is 11.1 Å². The fraction of sp³-hybridized carbons (Fsp3) is 0.167. The minimum Gasteiger partial charge on any atom is -0.507 e. The Labute approximate surface area is 173 Å². The van der Waals surface area contributed by atoms with Crippen molar-refractivity contribution in [2.24, 2.45) is 0 Å². The minimum absolute atomic E-state index is 0.0590. The summed E-state index contributed by atoms with van der Waals surface area (Å²) >= 11 is 0. The van der Waals surface area contributed by atoms with Gasteiger partial charge < -0.3 is 19.7 Å². The number of allylic oxidation sites excluding steroid dienone is 4. The summed E-state index contributed by atoms with van der Waals surface area (Å²) in [6.45, 7) is 3.59. The molecule has 0 amide bonds. The molecule has 4 rings (SSSR count). The van der Waals surface area contributed by atoms with Gasteiger partial charge >= 0.3 is 0 Å². The van der Waals surface area contributed by atoms with Gasteiger partial charge in [-0.05, 0) is 61.4 Å². The van der Waals surface area contributed by atoms with Crippen LogP contribution in [0.2, 0.25) is 0 Å². The number of ketones is 2. The zero-order valence-corrected chi connectivity index (χ0v) is 17.0. The molecule has 6 heteroatoms. The third-order valence-electron chi connectivity index (χ3n) is 5.28. The van der Waals surface area contributed by atoms with Crippen LogP contribution in [0.25, 0.3) is 11.5 Å². The van der Waals surface area contributed by atoms with Gasteiger partial charge in [0.25, 0.3) is 0 Å². The highest BCUT2D eigenvalue weighted by Gasteiger charge is 2.34. The van der Waals surface area contributed by atoms with Gasteiger partial charge in [-0.1, -0.05) is 0 Å². The predicted octanol–water partition coefficient (Wildman–Crippen LogP) is 4.08. The van der Waals surface area contributed by atoms with Crippen molar-refractivity contribution in [3.8, 4) is 11.5 Å². The molecule has 0 saturated carbocycles. The molecule has 0 heterocycles. The summed E-state index contributed by atoms with van der Waals surface area (Å²) in [5.74, 6) is -0.681. The molecule has 2 aromatic rings. The number of methoxy groups -OCH3 is 2. The van der Waals surface area contributed by atoms with Crippen molar-refractivity contribution in [2.45, 2.75) is 13.8 Å². The van der Waals surface area contributed by atoms with Gasteiger partial charge in [-0.2, -0.15) is 0 Å². The number of aryl methyl sites for hydroxylation is 2. The van der Waals surface area contributed by atoms with Gasteiger partial charge in [0, 0.05) is 22.3 Å². The molecule has 0 aromatic heterocycles. The summed E-state index contributed by atoms with van der Waals surface area (Å²) in [5.41, 5.74) is 2.71. The Hall–Kier alpha value is -3.80. The van der Waals surface area contributed by atoms with Crippen LogP contribution in [0.3, 0.4) is 0 Å². The van der Waals surface area contributed by atoms with Crippen molar-refractivity contribution in [3.63, 3.8) is 0 Å². The van der Waals surface area contributed by atoms with Crippen LogP contribution in [0.4, 0.5) is 0 Å². The maximum absolute atomic E-state index is 13.3. The molecule has 30 heavy (non-hydrogen) atoms. The van der Waals surface area contributed by atoms with Crippen molar-refractivity contribution >= 4 is 23.1 Å². The van der Waals surface area contributed by atoms with Crippen LogP contribution in [-0.4, -0.2) is 36.0 Å². The Kier molecular flexibility index (Phi) is 4.50. The maximum atomic E-state index is 13.3. The molecule has 2 aliphatic carbocycles. The van der Waals surface area contributed by atoms with E-state index in [9.17, 15) is 19.8 Å². The quantitative estimate of drug-likeness (QED) is 0.733. The molecule has 0 bridgehead atoms. The highest BCUT2D eigenvalue weighted by Crippen LogP contribution is 2.41. The number of rotatable bonds is 2. The van der Waals surface area contributed by atoms with E-state index in [1.807, 2.05) is 0 Å². The number of phenolic OH excluding ortho intramolecular Hbond substituents is 2. The van der Waals surface area contributed by atoms with Gasteiger partial charge in [-0.15, -0.1) is 0 Å². The SMILES string of the molecule is COC1=C/C(=C2/C=C(OC)c3cc(C)cc(O)c3C2=O)C(=O)c2c(O)cc(C)cc21. The van der Waals surface area contributed by atoms with Crippen molar-refractivity contribution < 1.29 is 29.3 Å². The number of ether oxygens (including phenoxy) is 2. The number of phenols is 2. The topological polar surface area (TPSA) is 93.1 Å². The lowest BCUT2D eigenvalue weighted by molar-refractivity contribution is 0.0998. The van der Waals surface area contributed by atoms with E-state index in [2.05, 4.69) is 0 Å². The molecule has 2 N–H and O–H groups in total. The lowest BCUT2D eigenvalue weighted by Crippen LogP contribution is -2.20. The normalized spacial score (nSPS) is 17.7. The summed E-state index contributed by atoms with van der Waals surface area (Å²) in [6, 6.07) is 6.46. The van der Waals surface area contributed by atoms with E-state index in [-0.39, 0.29) is 33.8 Å². The van der Waals surface area contributed by atoms with Crippen LogP contribution < -0.4 is 0 Å². The smallest absolute Gasteiger partial charge is 0.198 e. The molecule has 0 atom stereocenters. The largest absolute Gasteiger partial charge is 0.507 e. The lowest BCUT2D eigenvalue weighted by atomic mass is 9.81. The number of hydrogen-bond donors (Lipinski definition) is 2. The Morgan fingerprint density at radius 1 is 0.667 bits per heavy atom. The maximum Gasteiger partial charge on any atom is 0.198 e. The van der Waals surface area contributed by atoms with Gasteiger partial charge in [0.15, 0.2) is 11.6 Å². The van der Waals surface area contributed by atoms with Crippen molar-refractivity contribution in [2.75, 3.05) is 14.2 Å². The number of hydrogen-bond acceptors (Lipinski definition) is 6. The minimum atomic E-state index is -0.506. The predicted molar refractivity (Wildman–Crippen MR) is 111 cm³/mol. The first-order valence-corrected chi connectivity index (χ1v) is 9.29. The van der Waals surface area contributed by atoms with Crippen LogP contribution >= 0.6 is 0 Å². The molecule has 0 fully saturated rings. The Bertz CT molecular complexity index is 1130. The molecule has 2 aromatic carbocycles. The van der Waals surface area contributed by atoms with Gasteiger partial charge in [0.05, 0.1) is 25.3 Å². The number of benzene rings is 2. The van der Waals surface area contributed by atoms with Crippen LogP contribution in [0.5, 0.6) is 11.5 Å². The Morgan fingerprint density at radius 3 is 1.37 bits per heavy atom. The Balaban J connectivity index is 2.02. The molecule has 0 unspecified atom stereocenters. The Morgan fingerprint density at radius 2 is 1.03 bits per heavy atom. The highest BCUT2D eigenvalue weighted by atomic mass is 16.5. The van der Waals surface area contributed by atoms with Crippen molar-refractivity contribution in [1.29, 1.82) is 0 Å². The summed E-state index contributed by atoms with van der Waals surface area (Å²) in [6.07, 6.45) is 2.97. The van der Waals surface area contributed by atoms with Gasteiger partial charge in [-0.25, -0.2) is 0 Å². The fourth-order valence-electron chi connectivity index (χ4n) is 3.96. The molecule has 0 saturated heterocycles. The third-order valence-corrected chi connectivity index (χ3v) is 5.28. The average molecular weight is 404 g/mol. The first kappa shape index (κ1) is 19.5. The number of carbonyl (C=O) groups excluding carboxylic acids is 2. The van der Waals surface area contributed by atoms with Gasteiger partial charge in [-0.3, -0.25) is 9.59 Å². The molecule has 2 aliphatic rings. The summed E-state index contributed by atoms with van der Waals surface area (Å²) in [5, 5.41) is 20.9. The second kappa shape index (κ2) is 6.91. The van der Waals surface area contributed by atoms with Gasteiger partial charge in [0.2, 0.25) is 0 Å². The number of aromatic hydroxyl groups is 2. The van der Waals surface area contributed by atoms with Crippen molar-refractivity contribution in [1.82, 2.24) is 0 Å². The fourth-order valence-corrected chi connectivity index (χ4v) is 3.96. The van der Waals surface area contributed by atoms with Crippen LogP contribution in [0.1, 0.15) is 43.0 Å². The average Bonchev–Trinajstić information content (AvgIpc) is 2.68. The number of Topliss-reactive ketones (excluding diaryl/α,β-unsaturated/α-hetero) is 2. The molecule has 0 spiro atoms. The first-order valence-electron chi connectivity index (χ1n) is 9.29. The number of carbonyl (C=O) groups is 2. The van der Waals surface area contributed by atoms with E-state index in [1.54, 1.807) is 26.0 Å². The second-order valence-corrected chi connectivity index (χ2v) is 7.32. The van der Waals surface area contributed by atoms with E-state index < -0.39 is 11.6 Å². The molecular formula is C24H20O6. The third kappa shape index (κ3) is 2.80. The zero-order chi connectivity index (χ0) is 21.7. The van der Waals surface area contributed by atoms with Crippen LogP contribution in [-0.2, 0) is 9.47 Å². The number of fused-ring (bicyclic) bond motifs is 2. The first-order chi connectivity index (χ1) is 14.3. The van der Waals surface area contributed by atoms with Crippen LogP contribution in [0.15, 0.2) is 47.6 Å². The highest BCUT2D eigenvalue weighted by molar-refractivity contribution is 6.26. The molecule has 0 radical (unpaired) electrons. The lowest BCUT2D eigenvalue weighted by Gasteiger charge is -2.24. The van der Waals surface area contributed by atoms with E-state index in [1.165, 1.54) is 38.5 Å². The van der Waals surface area contributed by atoms with E-state index in [0.29, 0.717) is 22.6 Å². The summed E-state index contributed by atoms with van der Waals surface area (Å²) in [4.78, 5) is 26.6. The summed E-state index contributed by atoms with van der Waals surface area (Å²) in [7, 11) is 2.91. The second-order valence-electron chi connectivity index (χ2n) is 7.32. The molecular weight excluding hydrogens is 384 g/mol. The zero-order valence-electron chi connectivity index (χ0n) is 17.0. The monoisotopic (exact) mass is 404 g/mol. The standard InChI is InChI=1S/C24H20O6/c1-11-5-15-19(29-3)9-13(23(27)21(15)17(25)7-11)14-10-20(30-4)16-6-12(2)8-18(26)22(16)24(14)28/h5-10,25-26H,1-4H3/b14-13+. The van der Waals surface area contributed by atoms with Crippen molar-refractivity contribution in [3.05, 3.63) is 80.9 Å². The van der Waals surface area contributed by atoms with Crippen LogP contribution in [0, 0.1) is 13.8 Å². The van der Waals surface area contributed by atoms with Gasteiger partial charge in [0.1, 0.15) is 23.0 Å². The van der Waals surface area contributed by atoms with E-state index >= 15 is 0 Å². The summed E-state index contributed by atoms with van der Waals surface area (Å²) < 4.78 is 10.9. The van der Waals surface area contributed by atoms with E-state index in [4.69, 9.17) is 9.47 Å².